The van der Waals surface area contributed by atoms with E-state index in [1.54, 1.807) is 46.7 Å². The largest absolute Gasteiger partial charge is 0.493 e. The minimum Gasteiger partial charge on any atom is -0.493 e. The maximum absolute atomic E-state index is 13.4. The zero-order valence-corrected chi connectivity index (χ0v) is 22.4. The summed E-state index contributed by atoms with van der Waals surface area (Å²) in [5.74, 6) is -0.397. The summed E-state index contributed by atoms with van der Waals surface area (Å²) in [6.45, 7) is 0. The molecular formula is C29H22FN3O6S. The molecule has 1 N–H and O–H groups in total. The highest BCUT2D eigenvalue weighted by molar-refractivity contribution is 8.17. The van der Waals surface area contributed by atoms with E-state index in [1.807, 2.05) is 0 Å². The Bertz CT molecular complexity index is 1630. The van der Waals surface area contributed by atoms with Gasteiger partial charge in [0, 0.05) is 5.41 Å². The van der Waals surface area contributed by atoms with Crippen molar-refractivity contribution in [2.45, 2.75) is 0 Å². The molecule has 11 heteroatoms. The van der Waals surface area contributed by atoms with E-state index in [9.17, 15) is 14.0 Å². The minimum absolute atomic E-state index is 0.0522. The molecule has 2 aliphatic rings. The van der Waals surface area contributed by atoms with Crippen LogP contribution in [0.3, 0.4) is 0 Å². The Morgan fingerprint density at radius 1 is 0.925 bits per heavy atom. The summed E-state index contributed by atoms with van der Waals surface area (Å²) in [7, 11) is 4.39. The lowest BCUT2D eigenvalue weighted by Crippen LogP contribution is -2.38. The van der Waals surface area contributed by atoms with E-state index in [0.717, 1.165) is 0 Å². The summed E-state index contributed by atoms with van der Waals surface area (Å²) < 4.78 is 34.9. The predicted molar refractivity (Wildman–Crippen MR) is 149 cm³/mol. The number of hydrogen-bond donors (Lipinski definition) is 1. The molecule has 0 radical (unpaired) electrons. The van der Waals surface area contributed by atoms with Crippen LogP contribution in [0.1, 0.15) is 21.5 Å². The molecule has 9 nitrogen and oxygen atoms in total. The number of rotatable bonds is 7. The van der Waals surface area contributed by atoms with E-state index in [1.165, 1.54) is 63.4 Å². The summed E-state index contributed by atoms with van der Waals surface area (Å²) >= 11 is 1.21. The van der Waals surface area contributed by atoms with Crippen LogP contribution in [-0.4, -0.2) is 49.1 Å². The first-order valence-electron chi connectivity index (χ1n) is 11.8. The van der Waals surface area contributed by atoms with Crippen molar-refractivity contribution in [2.75, 3.05) is 21.3 Å². The fourth-order valence-corrected chi connectivity index (χ4v) is 4.96. The first-order valence-corrected chi connectivity index (χ1v) is 12.7. The Hall–Kier alpha value is -4.90. The van der Waals surface area contributed by atoms with Gasteiger partial charge in [-0.2, -0.15) is 4.99 Å². The van der Waals surface area contributed by atoms with Crippen molar-refractivity contribution in [2.24, 2.45) is 4.99 Å². The van der Waals surface area contributed by atoms with Crippen LogP contribution in [0.5, 0.6) is 23.0 Å². The van der Waals surface area contributed by atoms with Gasteiger partial charge in [0.2, 0.25) is 0 Å². The maximum atomic E-state index is 13.4. The fraction of sp³-hybridized carbons (Fsp3) is 0.103. The Balaban J connectivity index is 1.40. The molecule has 0 saturated heterocycles. The molecule has 0 unspecified atom stereocenters. The van der Waals surface area contributed by atoms with E-state index in [0.29, 0.717) is 33.5 Å². The quantitative estimate of drug-likeness (QED) is 0.234. The van der Waals surface area contributed by atoms with Crippen LogP contribution >= 0.6 is 11.8 Å². The average Bonchev–Trinajstić information content (AvgIpc) is 3.39. The van der Waals surface area contributed by atoms with Crippen LogP contribution in [0.4, 0.5) is 4.39 Å². The molecule has 0 aromatic heterocycles. The van der Waals surface area contributed by atoms with Gasteiger partial charge in [0.25, 0.3) is 5.91 Å². The molecule has 40 heavy (non-hydrogen) atoms. The second kappa shape index (κ2) is 11.1. The number of benzene rings is 3. The molecule has 3 aromatic rings. The summed E-state index contributed by atoms with van der Waals surface area (Å²) in [6.07, 6.45) is 1.51. The van der Waals surface area contributed by atoms with E-state index >= 15 is 0 Å². The Morgan fingerprint density at radius 3 is 2.30 bits per heavy atom. The molecule has 1 amide bonds. The molecule has 0 atom stereocenters. The molecule has 2 heterocycles. The third-order valence-electron chi connectivity index (χ3n) is 6.08. The highest BCUT2D eigenvalue weighted by Gasteiger charge is 2.36. The van der Waals surface area contributed by atoms with E-state index in [2.05, 4.69) is 4.99 Å². The molecule has 2 aliphatic heterocycles. The van der Waals surface area contributed by atoms with Crippen LogP contribution < -0.4 is 18.9 Å². The second-order valence-corrected chi connectivity index (χ2v) is 9.28. The number of ether oxygens (including phenoxy) is 4. The summed E-state index contributed by atoms with van der Waals surface area (Å²) in [5.41, 5.74) is 2.11. The number of methoxy groups -OCH3 is 3. The number of thioether (sulfide) groups is 1. The van der Waals surface area contributed by atoms with Crippen molar-refractivity contribution >= 4 is 46.4 Å². The maximum Gasteiger partial charge on any atom is 0.343 e. The van der Waals surface area contributed by atoms with Crippen LogP contribution in [0.25, 0.3) is 11.8 Å². The van der Waals surface area contributed by atoms with E-state index in [4.69, 9.17) is 24.4 Å². The number of carbonyl (C=O) groups excluding carboxylic acids is 2. The summed E-state index contributed by atoms with van der Waals surface area (Å²) in [4.78, 5) is 31.3. The van der Waals surface area contributed by atoms with Gasteiger partial charge in [-0.25, -0.2) is 9.18 Å². The summed E-state index contributed by atoms with van der Waals surface area (Å²) in [5, 5.41) is 10.9. The van der Waals surface area contributed by atoms with Gasteiger partial charge in [-0.15, -0.1) is 0 Å². The summed E-state index contributed by atoms with van der Waals surface area (Å²) in [6, 6.07) is 15.3. The standard InChI is InChI=1S/C29H22FN3O6S/c1-36-22-11-7-18(14-25(22)38-3)28(35)39-23-10-4-16(13-24(23)37-2)12-20-26(31)33-21(15-40-29(33)32-27(20)34)17-5-8-19(30)9-6-17/h4-15,31H,1-3H3/b20-12-,31-26?. The van der Waals surface area contributed by atoms with Gasteiger partial charge in [0.1, 0.15) is 11.7 Å². The van der Waals surface area contributed by atoms with Crippen molar-refractivity contribution in [1.82, 2.24) is 4.90 Å². The Morgan fingerprint density at radius 2 is 1.60 bits per heavy atom. The molecule has 0 aliphatic carbocycles. The lowest BCUT2D eigenvalue weighted by atomic mass is 10.1. The van der Waals surface area contributed by atoms with Gasteiger partial charge in [-0.3, -0.25) is 15.1 Å². The number of carbonyl (C=O) groups is 2. The number of fused-ring (bicyclic) bond motifs is 1. The Labute approximate surface area is 233 Å². The lowest BCUT2D eigenvalue weighted by molar-refractivity contribution is -0.114. The SMILES string of the molecule is COc1ccc(C(=O)Oc2ccc(/C=C3/C(=N)N4C(c5ccc(F)cc5)=CSC4=NC3=O)cc2OC)cc1OC. The van der Waals surface area contributed by atoms with Gasteiger partial charge >= 0.3 is 5.97 Å². The molecule has 0 fully saturated rings. The number of hydrogen-bond acceptors (Lipinski definition) is 8. The monoisotopic (exact) mass is 559 g/mol. The van der Waals surface area contributed by atoms with Gasteiger partial charge < -0.3 is 18.9 Å². The molecule has 0 bridgehead atoms. The highest BCUT2D eigenvalue weighted by Crippen LogP contribution is 2.38. The zero-order chi connectivity index (χ0) is 28.4. The highest BCUT2D eigenvalue weighted by atomic mass is 32.2. The number of halogens is 1. The van der Waals surface area contributed by atoms with Gasteiger partial charge in [0.15, 0.2) is 28.2 Å². The van der Waals surface area contributed by atoms with E-state index < -0.39 is 11.9 Å². The number of nitrogens with zero attached hydrogens (tertiary/aromatic N) is 2. The van der Waals surface area contributed by atoms with Crippen molar-refractivity contribution in [3.63, 3.8) is 0 Å². The van der Waals surface area contributed by atoms with Crippen molar-refractivity contribution in [3.8, 4) is 23.0 Å². The third-order valence-corrected chi connectivity index (χ3v) is 6.90. The zero-order valence-electron chi connectivity index (χ0n) is 21.6. The number of aliphatic imine (C=N–C) groups is 1. The topological polar surface area (TPSA) is 111 Å². The van der Waals surface area contributed by atoms with Crippen LogP contribution in [0.15, 0.2) is 76.6 Å². The number of amides is 1. The van der Waals surface area contributed by atoms with Crippen molar-refractivity contribution in [1.29, 1.82) is 5.41 Å². The molecular weight excluding hydrogens is 537 g/mol. The molecule has 0 spiro atoms. The predicted octanol–water partition coefficient (Wildman–Crippen LogP) is 5.37. The molecule has 202 valence electrons. The third kappa shape index (κ3) is 5.06. The van der Waals surface area contributed by atoms with Crippen molar-refractivity contribution in [3.05, 3.63) is 94.2 Å². The Kier molecular flexibility index (Phi) is 7.39. The molecule has 5 rings (SSSR count). The fourth-order valence-electron chi connectivity index (χ4n) is 4.07. The molecule has 3 aromatic carbocycles. The van der Waals surface area contributed by atoms with Gasteiger partial charge in [-0.05, 0) is 71.8 Å². The van der Waals surface area contributed by atoms with Crippen LogP contribution in [0, 0.1) is 11.2 Å². The smallest absolute Gasteiger partial charge is 0.343 e. The second-order valence-electron chi connectivity index (χ2n) is 8.44. The van der Waals surface area contributed by atoms with E-state index in [-0.39, 0.29) is 34.3 Å². The lowest BCUT2D eigenvalue weighted by Gasteiger charge is -2.27. The first kappa shape index (κ1) is 26.7. The van der Waals surface area contributed by atoms with Gasteiger partial charge in [0.05, 0.1) is 38.2 Å². The van der Waals surface area contributed by atoms with Crippen LogP contribution in [-0.2, 0) is 4.79 Å². The number of nitrogens with one attached hydrogen (secondary N) is 1. The van der Waals surface area contributed by atoms with Crippen molar-refractivity contribution < 1.29 is 32.9 Å². The average molecular weight is 560 g/mol. The first-order chi connectivity index (χ1) is 19.3. The molecule has 0 saturated carbocycles. The number of esters is 1. The normalized spacial score (nSPS) is 15.4. The number of amidine groups is 2. The minimum atomic E-state index is -0.636. The van der Waals surface area contributed by atoms with Crippen LogP contribution in [0.2, 0.25) is 0 Å². The van der Waals surface area contributed by atoms with Gasteiger partial charge in [-0.1, -0.05) is 17.8 Å².